The number of hydrogen-bond donors (Lipinski definition) is 0. The lowest BCUT2D eigenvalue weighted by molar-refractivity contribution is -0.0411. The van der Waals surface area contributed by atoms with Crippen LogP contribution in [0.5, 0.6) is 0 Å². The van der Waals surface area contributed by atoms with Crippen molar-refractivity contribution in [2.45, 2.75) is 241 Å². The summed E-state index contributed by atoms with van der Waals surface area (Å²) in [5.41, 5.74) is 0.800. The molecule has 0 heterocycles. The second-order valence-electron chi connectivity index (χ2n) is 29.3. The van der Waals surface area contributed by atoms with Gasteiger partial charge < -0.3 is 0 Å². The molecule has 0 heteroatoms. The Morgan fingerprint density at radius 1 is 0.258 bits per heavy atom. The molecule has 16 bridgehead atoms. The van der Waals surface area contributed by atoms with E-state index in [0.29, 0.717) is 0 Å². The van der Waals surface area contributed by atoms with Crippen molar-refractivity contribution in [3.63, 3.8) is 0 Å². The van der Waals surface area contributed by atoms with E-state index in [9.17, 15) is 0 Å². The first-order chi connectivity index (χ1) is 30.0. The Balaban J connectivity index is 0.0000000840. The molecular weight excluding hydrogens is 745 g/mol. The normalized spacial score (nSPS) is 57.2. The molecule has 20 aliphatic rings. The zero-order chi connectivity index (χ0) is 42.3. The molecule has 352 valence electrons. The molecule has 20 fully saturated rings. The zero-order valence-electron chi connectivity index (χ0n) is 42.3. The third kappa shape index (κ3) is 9.16. The van der Waals surface area contributed by atoms with Crippen molar-refractivity contribution in [3.8, 4) is 0 Å². The zero-order valence-corrected chi connectivity index (χ0v) is 42.3. The molecule has 62 heavy (non-hydrogen) atoms. The predicted octanol–water partition coefficient (Wildman–Crippen LogP) is 18.1. The van der Waals surface area contributed by atoms with Crippen molar-refractivity contribution >= 4 is 0 Å². The van der Waals surface area contributed by atoms with Crippen LogP contribution in [-0.2, 0) is 0 Å². The maximum absolute atomic E-state index is 2.54. The summed E-state index contributed by atoms with van der Waals surface area (Å²) in [7, 11) is 0. The SMILES string of the molecule is CC12CC3CC(CC(C3)C1)C2.CC1C2CC3CC(C2)CC1C3.CC1CC2CC1C1CCCC21.CC1CC2CCC1C1CCCC21.CC1CC2CCC1C2.CC1CC2CCC1CC2. The van der Waals surface area contributed by atoms with Gasteiger partial charge in [-0.1, -0.05) is 73.6 Å². The Labute approximate surface area is 386 Å². The molecule has 0 nitrogen and oxygen atoms in total. The fourth-order valence-corrected chi connectivity index (χ4v) is 23.0. The quantitative estimate of drug-likeness (QED) is 0.228. The summed E-state index contributed by atoms with van der Waals surface area (Å²) in [6.45, 7) is 14.9. The average Bonchev–Trinajstić information content (AvgIpc) is 4.11. The highest BCUT2D eigenvalue weighted by atomic mass is 14.6. The number of rotatable bonds is 0. The Bertz CT molecular complexity index is 1400. The van der Waals surface area contributed by atoms with E-state index in [2.05, 4.69) is 41.5 Å². The molecule has 20 aliphatic carbocycles. The van der Waals surface area contributed by atoms with E-state index < -0.39 is 0 Å². The van der Waals surface area contributed by atoms with Gasteiger partial charge in [0, 0.05) is 0 Å². The molecule has 0 radical (unpaired) electrons. The summed E-state index contributed by atoms with van der Waals surface area (Å²) in [6, 6.07) is 0. The molecule has 0 aromatic heterocycles. The molecular formula is C62H104. The van der Waals surface area contributed by atoms with Crippen molar-refractivity contribution < 1.29 is 0 Å². The molecule has 0 aromatic carbocycles. The van der Waals surface area contributed by atoms with E-state index in [1.54, 1.807) is 199 Å². The highest BCUT2D eigenvalue weighted by Crippen LogP contribution is 2.62. The lowest BCUT2D eigenvalue weighted by atomic mass is 9.50. The first-order valence-corrected chi connectivity index (χ1v) is 30.0. The predicted molar refractivity (Wildman–Crippen MR) is 263 cm³/mol. The minimum absolute atomic E-state index is 0.800. The Kier molecular flexibility index (Phi) is 13.3. The molecule has 20 saturated carbocycles. The van der Waals surface area contributed by atoms with Gasteiger partial charge in [-0.3, -0.25) is 0 Å². The monoisotopic (exact) mass is 849 g/mol. The molecule has 0 amide bonds. The van der Waals surface area contributed by atoms with Gasteiger partial charge in [0.2, 0.25) is 0 Å². The van der Waals surface area contributed by atoms with E-state index >= 15 is 0 Å². The molecule has 0 aliphatic heterocycles. The molecule has 20 rings (SSSR count). The van der Waals surface area contributed by atoms with Crippen LogP contribution in [0.1, 0.15) is 241 Å². The maximum Gasteiger partial charge on any atom is -0.0318 e. The third-order valence-corrected chi connectivity index (χ3v) is 25.4. The van der Waals surface area contributed by atoms with Gasteiger partial charge in [0.1, 0.15) is 0 Å². The van der Waals surface area contributed by atoms with E-state index in [-0.39, 0.29) is 0 Å². The molecule has 0 saturated heterocycles. The van der Waals surface area contributed by atoms with Crippen molar-refractivity contribution in [1.82, 2.24) is 0 Å². The average molecular weight is 850 g/mol. The first kappa shape index (κ1) is 44.5. The van der Waals surface area contributed by atoms with Crippen LogP contribution in [0.25, 0.3) is 0 Å². The lowest BCUT2D eigenvalue weighted by Crippen LogP contribution is -2.44. The van der Waals surface area contributed by atoms with Gasteiger partial charge in [-0.15, -0.1) is 0 Å². The van der Waals surface area contributed by atoms with E-state index in [0.717, 1.165) is 118 Å². The Morgan fingerprint density at radius 3 is 1.18 bits per heavy atom. The van der Waals surface area contributed by atoms with Gasteiger partial charge in [0.05, 0.1) is 0 Å². The van der Waals surface area contributed by atoms with Gasteiger partial charge in [-0.2, -0.15) is 0 Å². The Hall–Kier alpha value is 0. The maximum atomic E-state index is 2.54. The fraction of sp³-hybridized carbons (Fsp3) is 1.00. The van der Waals surface area contributed by atoms with Crippen LogP contribution in [0.2, 0.25) is 0 Å². The highest BCUT2D eigenvalue weighted by Gasteiger charge is 2.53. The largest absolute Gasteiger partial charge is 0.0622 e. The van der Waals surface area contributed by atoms with Crippen molar-refractivity contribution in [2.24, 2.45) is 147 Å². The van der Waals surface area contributed by atoms with Gasteiger partial charge in [-0.25, -0.2) is 0 Å². The summed E-state index contributed by atoms with van der Waals surface area (Å²) < 4.78 is 0. The summed E-state index contributed by atoms with van der Waals surface area (Å²) in [5.74, 6) is 27.3. The van der Waals surface area contributed by atoms with Crippen LogP contribution in [-0.4, -0.2) is 0 Å². The van der Waals surface area contributed by atoms with E-state index in [1.807, 2.05) is 0 Å². The van der Waals surface area contributed by atoms with Gasteiger partial charge in [-0.05, 0) is 314 Å². The van der Waals surface area contributed by atoms with Gasteiger partial charge >= 0.3 is 0 Å². The van der Waals surface area contributed by atoms with Crippen LogP contribution < -0.4 is 0 Å². The fourth-order valence-electron chi connectivity index (χ4n) is 23.0. The van der Waals surface area contributed by atoms with E-state index in [4.69, 9.17) is 0 Å². The summed E-state index contributed by atoms with van der Waals surface area (Å²) in [5, 5.41) is 0. The highest BCUT2D eigenvalue weighted by molar-refractivity contribution is 5.03. The molecule has 14 atom stereocenters. The van der Waals surface area contributed by atoms with Crippen LogP contribution in [0.3, 0.4) is 0 Å². The lowest BCUT2D eigenvalue weighted by Gasteiger charge is -2.55. The molecule has 0 spiro atoms. The standard InChI is InChI=1S/C12H20.3C11H18.C9H16.C8H14/c1-8-7-9-5-6-10(8)12-4-2-3-11(9)12;1-11-5-8-2-9(6-11)4-10(3-8)7-11;1-7-10-3-8-2-9(5-10)6-11(7)4-8;1-7-5-8-6-11(7)10-4-2-3-9(8)10;1-7-6-8-2-4-9(7)5-3-8;1-6-4-7-2-3-8(6)5-7/h8-12H,2-7H2,1H3;8-10H,2-7H2,1H3;2*7-11H,2-6H2,1H3;7-9H,2-6H2,1H3;6-8H,2-5H2,1H3. The molecule has 14 unspecified atom stereocenters. The van der Waals surface area contributed by atoms with Crippen LogP contribution in [0, 0.1) is 147 Å². The number of hydrogen-bond acceptors (Lipinski definition) is 0. The van der Waals surface area contributed by atoms with Crippen molar-refractivity contribution in [1.29, 1.82) is 0 Å². The minimum atomic E-state index is 0.800. The smallest absolute Gasteiger partial charge is 0.0318 e. The first-order valence-electron chi connectivity index (χ1n) is 30.0. The van der Waals surface area contributed by atoms with Gasteiger partial charge in [0.25, 0.3) is 0 Å². The topological polar surface area (TPSA) is 0 Å². The van der Waals surface area contributed by atoms with Crippen molar-refractivity contribution in [3.05, 3.63) is 0 Å². The van der Waals surface area contributed by atoms with Crippen LogP contribution in [0.15, 0.2) is 0 Å². The van der Waals surface area contributed by atoms with Crippen molar-refractivity contribution in [2.75, 3.05) is 0 Å². The van der Waals surface area contributed by atoms with Gasteiger partial charge in [0.15, 0.2) is 0 Å². The van der Waals surface area contributed by atoms with Crippen LogP contribution in [0.4, 0.5) is 0 Å². The minimum Gasteiger partial charge on any atom is -0.0622 e. The number of fused-ring (bicyclic) bond motifs is 12. The second-order valence-corrected chi connectivity index (χ2v) is 29.3. The van der Waals surface area contributed by atoms with E-state index in [1.165, 1.54) is 29.6 Å². The molecule has 0 N–H and O–H groups in total. The molecule has 0 aromatic rings. The summed E-state index contributed by atoms with van der Waals surface area (Å²) in [6.07, 6.45) is 48.7. The summed E-state index contributed by atoms with van der Waals surface area (Å²) >= 11 is 0. The Morgan fingerprint density at radius 2 is 0.710 bits per heavy atom. The van der Waals surface area contributed by atoms with Crippen LogP contribution >= 0.6 is 0 Å². The second kappa shape index (κ2) is 18.5. The summed E-state index contributed by atoms with van der Waals surface area (Å²) in [4.78, 5) is 0. The third-order valence-electron chi connectivity index (χ3n) is 25.4.